The zero-order valence-corrected chi connectivity index (χ0v) is 10.7. The monoisotopic (exact) mass is 214 g/mol. The van der Waals surface area contributed by atoms with E-state index >= 15 is 0 Å². The molecule has 0 rings (SSSR count). The third kappa shape index (κ3) is 10.2. The van der Waals surface area contributed by atoms with Gasteiger partial charge in [0.1, 0.15) is 0 Å². The highest BCUT2D eigenvalue weighted by Crippen LogP contribution is 2.16. The molecule has 0 amide bonds. The summed E-state index contributed by atoms with van der Waals surface area (Å²) in [4.78, 5) is 0. The van der Waals surface area contributed by atoms with Crippen LogP contribution in [0, 0.1) is 5.92 Å². The first-order valence-electron chi connectivity index (χ1n) is 6.75. The van der Waals surface area contributed by atoms with Gasteiger partial charge in [0, 0.05) is 0 Å². The van der Waals surface area contributed by atoms with Crippen LogP contribution in [-0.2, 0) is 0 Å². The summed E-state index contributed by atoms with van der Waals surface area (Å²) < 4.78 is 0. The fraction of sp³-hybridized carbons (Fsp3) is 1.00. The summed E-state index contributed by atoms with van der Waals surface area (Å²) in [7, 11) is 0. The third-order valence-corrected chi connectivity index (χ3v) is 2.94. The minimum Gasteiger partial charge on any atom is -0.330 e. The summed E-state index contributed by atoms with van der Waals surface area (Å²) in [6.45, 7) is 7.73. The van der Waals surface area contributed by atoms with E-state index in [9.17, 15) is 0 Å². The molecular formula is C13H30N2. The van der Waals surface area contributed by atoms with Crippen molar-refractivity contribution in [3.63, 3.8) is 0 Å². The molecule has 1 unspecified atom stereocenters. The van der Waals surface area contributed by atoms with Gasteiger partial charge in [0.05, 0.1) is 0 Å². The van der Waals surface area contributed by atoms with E-state index in [0.29, 0.717) is 0 Å². The average molecular weight is 214 g/mol. The van der Waals surface area contributed by atoms with E-state index in [1.165, 1.54) is 58.0 Å². The van der Waals surface area contributed by atoms with Gasteiger partial charge in [-0.05, 0) is 51.2 Å². The zero-order chi connectivity index (χ0) is 11.4. The molecule has 2 heteroatoms. The van der Waals surface area contributed by atoms with E-state index in [0.717, 1.165) is 12.5 Å². The normalized spacial score (nSPS) is 13.0. The number of nitrogens with two attached hydrogens (primary N) is 1. The molecule has 0 heterocycles. The molecule has 0 fully saturated rings. The van der Waals surface area contributed by atoms with Crippen LogP contribution in [0.5, 0.6) is 0 Å². The van der Waals surface area contributed by atoms with Crippen LogP contribution in [0.1, 0.15) is 58.8 Å². The maximum absolute atomic E-state index is 5.61. The first-order valence-corrected chi connectivity index (χ1v) is 6.75. The van der Waals surface area contributed by atoms with Gasteiger partial charge in [-0.3, -0.25) is 0 Å². The van der Waals surface area contributed by atoms with Gasteiger partial charge in [0.25, 0.3) is 0 Å². The highest BCUT2D eigenvalue weighted by Gasteiger charge is 2.05. The van der Waals surface area contributed by atoms with Crippen molar-refractivity contribution in [2.24, 2.45) is 11.7 Å². The van der Waals surface area contributed by atoms with Crippen molar-refractivity contribution in [2.75, 3.05) is 19.6 Å². The molecule has 92 valence electrons. The molecule has 0 spiro atoms. The molecule has 0 saturated heterocycles. The van der Waals surface area contributed by atoms with Crippen LogP contribution < -0.4 is 11.1 Å². The second-order valence-electron chi connectivity index (χ2n) is 4.48. The molecule has 0 aromatic heterocycles. The van der Waals surface area contributed by atoms with Gasteiger partial charge in [-0.2, -0.15) is 0 Å². The molecule has 1 atom stereocenters. The molecular weight excluding hydrogens is 184 g/mol. The predicted molar refractivity (Wildman–Crippen MR) is 69.1 cm³/mol. The van der Waals surface area contributed by atoms with E-state index in [1.54, 1.807) is 0 Å². The lowest BCUT2D eigenvalue weighted by atomic mass is 9.94. The van der Waals surface area contributed by atoms with Gasteiger partial charge in [-0.15, -0.1) is 0 Å². The number of hydrogen-bond donors (Lipinski definition) is 2. The largest absolute Gasteiger partial charge is 0.330 e. The number of nitrogens with one attached hydrogen (secondary N) is 1. The Labute approximate surface area is 96.0 Å². The molecule has 0 radical (unpaired) electrons. The van der Waals surface area contributed by atoms with Crippen LogP contribution in [0.3, 0.4) is 0 Å². The summed E-state index contributed by atoms with van der Waals surface area (Å²) in [5, 5.41) is 3.49. The quantitative estimate of drug-likeness (QED) is 0.519. The Morgan fingerprint density at radius 1 is 0.933 bits per heavy atom. The topological polar surface area (TPSA) is 38.0 Å². The molecule has 0 aliphatic heterocycles. The van der Waals surface area contributed by atoms with Crippen LogP contribution in [0.15, 0.2) is 0 Å². The Balaban J connectivity index is 3.28. The molecule has 0 bridgehead atoms. The lowest BCUT2D eigenvalue weighted by Gasteiger charge is -2.14. The Bertz CT molecular complexity index is 109. The van der Waals surface area contributed by atoms with Gasteiger partial charge in [0.15, 0.2) is 0 Å². The first-order chi connectivity index (χ1) is 7.35. The van der Waals surface area contributed by atoms with Gasteiger partial charge in [-0.25, -0.2) is 0 Å². The minimum absolute atomic E-state index is 0.855. The molecule has 15 heavy (non-hydrogen) atoms. The number of rotatable bonds is 11. The van der Waals surface area contributed by atoms with Crippen molar-refractivity contribution in [3.05, 3.63) is 0 Å². The minimum atomic E-state index is 0.855. The van der Waals surface area contributed by atoms with E-state index in [2.05, 4.69) is 19.2 Å². The molecule has 0 saturated carbocycles. The summed E-state index contributed by atoms with van der Waals surface area (Å²) in [5.74, 6) is 0.868. The summed E-state index contributed by atoms with van der Waals surface area (Å²) >= 11 is 0. The lowest BCUT2D eigenvalue weighted by Crippen LogP contribution is -2.18. The molecule has 2 nitrogen and oxygen atoms in total. The van der Waals surface area contributed by atoms with E-state index in [-0.39, 0.29) is 0 Å². The van der Waals surface area contributed by atoms with Crippen LogP contribution >= 0.6 is 0 Å². The summed E-state index contributed by atoms with van der Waals surface area (Å²) in [5.41, 5.74) is 5.61. The molecule has 0 aliphatic rings. The van der Waals surface area contributed by atoms with E-state index in [1.807, 2.05) is 0 Å². The average Bonchev–Trinajstić information content (AvgIpc) is 2.24. The SMILES string of the molecule is CCCCNCCCC(CCC)CCN. The second kappa shape index (κ2) is 12.0. The highest BCUT2D eigenvalue weighted by molar-refractivity contribution is 4.61. The van der Waals surface area contributed by atoms with Crippen molar-refractivity contribution in [3.8, 4) is 0 Å². The van der Waals surface area contributed by atoms with Gasteiger partial charge in [-0.1, -0.05) is 33.1 Å². The van der Waals surface area contributed by atoms with Crippen molar-refractivity contribution >= 4 is 0 Å². The molecule has 0 aromatic rings. The Hall–Kier alpha value is -0.0800. The van der Waals surface area contributed by atoms with E-state index in [4.69, 9.17) is 5.73 Å². The molecule has 0 aromatic carbocycles. The van der Waals surface area contributed by atoms with Crippen LogP contribution in [0.2, 0.25) is 0 Å². The number of unbranched alkanes of at least 4 members (excludes halogenated alkanes) is 1. The fourth-order valence-corrected chi connectivity index (χ4v) is 2.02. The van der Waals surface area contributed by atoms with Gasteiger partial charge in [0.2, 0.25) is 0 Å². The first kappa shape index (κ1) is 14.9. The van der Waals surface area contributed by atoms with Crippen LogP contribution in [-0.4, -0.2) is 19.6 Å². The highest BCUT2D eigenvalue weighted by atomic mass is 14.8. The summed E-state index contributed by atoms with van der Waals surface area (Å²) in [6, 6.07) is 0. The van der Waals surface area contributed by atoms with Crippen molar-refractivity contribution < 1.29 is 0 Å². The third-order valence-electron chi connectivity index (χ3n) is 2.94. The molecule has 0 aliphatic carbocycles. The van der Waals surface area contributed by atoms with Crippen molar-refractivity contribution in [1.29, 1.82) is 0 Å². The Morgan fingerprint density at radius 2 is 1.67 bits per heavy atom. The standard InChI is InChI=1S/C13H30N2/c1-3-5-11-15-12-6-8-13(7-4-2)9-10-14/h13,15H,3-12,14H2,1-2H3. The Morgan fingerprint density at radius 3 is 2.27 bits per heavy atom. The maximum Gasteiger partial charge on any atom is -0.00488 e. The smallest absolute Gasteiger partial charge is 0.00488 e. The fourth-order valence-electron chi connectivity index (χ4n) is 2.02. The second-order valence-corrected chi connectivity index (χ2v) is 4.48. The van der Waals surface area contributed by atoms with Gasteiger partial charge >= 0.3 is 0 Å². The summed E-state index contributed by atoms with van der Waals surface area (Å²) in [6.07, 6.45) is 9.13. The van der Waals surface area contributed by atoms with Gasteiger partial charge < -0.3 is 11.1 Å². The van der Waals surface area contributed by atoms with Crippen LogP contribution in [0.25, 0.3) is 0 Å². The van der Waals surface area contributed by atoms with Crippen molar-refractivity contribution in [2.45, 2.75) is 58.8 Å². The lowest BCUT2D eigenvalue weighted by molar-refractivity contribution is 0.403. The maximum atomic E-state index is 5.61. The van der Waals surface area contributed by atoms with Crippen LogP contribution in [0.4, 0.5) is 0 Å². The van der Waals surface area contributed by atoms with E-state index < -0.39 is 0 Å². The zero-order valence-electron chi connectivity index (χ0n) is 10.7. The Kier molecular flexibility index (Phi) is 11.9. The van der Waals surface area contributed by atoms with Crippen molar-refractivity contribution in [1.82, 2.24) is 5.32 Å². The molecule has 3 N–H and O–H groups in total. The number of hydrogen-bond acceptors (Lipinski definition) is 2. The predicted octanol–water partition coefficient (Wildman–Crippen LogP) is 2.92.